The first-order valence-electron chi connectivity index (χ1n) is 5.12. The highest BCUT2D eigenvalue weighted by Crippen LogP contribution is 2.54. The molecule has 2 bridgehead atoms. The summed E-state index contributed by atoms with van der Waals surface area (Å²) in [5.41, 5.74) is -0.830. The van der Waals surface area contributed by atoms with E-state index < -0.39 is 5.41 Å². The van der Waals surface area contributed by atoms with Crippen molar-refractivity contribution < 1.29 is 9.59 Å². The summed E-state index contributed by atoms with van der Waals surface area (Å²) in [6, 6.07) is 0. The lowest BCUT2D eigenvalue weighted by atomic mass is 9.50. The van der Waals surface area contributed by atoms with Crippen LogP contribution < -0.4 is 0 Å². The number of carbonyl (C=O) groups excluding carboxylic acids is 2. The molecule has 1 saturated carbocycles. The number of rotatable bonds is 1. The van der Waals surface area contributed by atoms with Gasteiger partial charge in [0.25, 0.3) is 0 Å². The van der Waals surface area contributed by atoms with E-state index in [0.717, 1.165) is 12.7 Å². The van der Waals surface area contributed by atoms with Gasteiger partial charge in [-0.2, -0.15) is 0 Å². The monoisotopic (exact) mass is 192 g/mol. The normalized spacial score (nSPS) is 44.1. The van der Waals surface area contributed by atoms with Crippen LogP contribution in [-0.2, 0) is 9.59 Å². The summed E-state index contributed by atoms with van der Waals surface area (Å²) in [7, 11) is 0. The molecule has 0 amide bonds. The fourth-order valence-corrected chi connectivity index (χ4v) is 2.88. The van der Waals surface area contributed by atoms with E-state index in [1.807, 2.05) is 26.8 Å². The maximum atomic E-state index is 12.2. The van der Waals surface area contributed by atoms with Crippen molar-refractivity contribution in [2.75, 3.05) is 0 Å². The standard InChI is InChI=1S/C12H16O2/c1-11(2)8-4-5-12(3,10(11)14)9(6-8)7-13/h4-5,7-9H,6H2,1-3H3. The molecule has 2 heteroatoms. The number of Topliss-reactive ketones (excluding diaryl/α,β-unsaturated/α-hetero) is 1. The SMILES string of the molecule is CC1(C)C(=O)C2(C)C=CC1CC2C=O. The first-order chi connectivity index (χ1) is 6.43. The van der Waals surface area contributed by atoms with Gasteiger partial charge in [-0.25, -0.2) is 0 Å². The van der Waals surface area contributed by atoms with E-state index in [4.69, 9.17) is 0 Å². The quantitative estimate of drug-likeness (QED) is 0.470. The van der Waals surface area contributed by atoms with Gasteiger partial charge in [0.1, 0.15) is 12.1 Å². The molecule has 0 heterocycles. The van der Waals surface area contributed by atoms with Crippen LogP contribution in [0.15, 0.2) is 12.2 Å². The third-order valence-corrected chi connectivity index (χ3v) is 4.12. The molecular formula is C12H16O2. The van der Waals surface area contributed by atoms with Gasteiger partial charge >= 0.3 is 0 Å². The second-order valence-corrected chi connectivity index (χ2v) is 5.28. The van der Waals surface area contributed by atoms with Crippen LogP contribution in [0.5, 0.6) is 0 Å². The number of hydrogen-bond donors (Lipinski definition) is 0. The van der Waals surface area contributed by atoms with Gasteiger partial charge in [-0.3, -0.25) is 4.79 Å². The molecule has 0 aliphatic heterocycles. The lowest BCUT2D eigenvalue weighted by molar-refractivity contribution is -0.149. The Morgan fingerprint density at radius 2 is 2.07 bits per heavy atom. The molecule has 0 saturated heterocycles. The zero-order valence-corrected chi connectivity index (χ0v) is 8.91. The second kappa shape index (κ2) is 2.56. The predicted molar refractivity (Wildman–Crippen MR) is 53.7 cm³/mol. The highest BCUT2D eigenvalue weighted by Gasteiger charge is 2.56. The molecule has 1 fully saturated rings. The average Bonchev–Trinajstić information content (AvgIpc) is 2.14. The number of aldehydes is 1. The highest BCUT2D eigenvalue weighted by atomic mass is 16.1. The Labute approximate surface area is 84.4 Å². The third kappa shape index (κ3) is 0.915. The summed E-state index contributed by atoms with van der Waals surface area (Å²) in [6.45, 7) is 5.87. The minimum atomic E-state index is -0.542. The Kier molecular flexibility index (Phi) is 1.76. The van der Waals surface area contributed by atoms with Crippen molar-refractivity contribution in [3.05, 3.63) is 12.2 Å². The van der Waals surface area contributed by atoms with Crippen molar-refractivity contribution >= 4 is 12.1 Å². The summed E-state index contributed by atoms with van der Waals surface area (Å²) in [4.78, 5) is 23.1. The molecule has 0 aromatic carbocycles. The van der Waals surface area contributed by atoms with Crippen molar-refractivity contribution in [2.45, 2.75) is 27.2 Å². The minimum Gasteiger partial charge on any atom is -0.303 e. The van der Waals surface area contributed by atoms with Gasteiger partial charge in [0, 0.05) is 11.3 Å². The number of ketones is 1. The van der Waals surface area contributed by atoms with Crippen molar-refractivity contribution in [3.8, 4) is 0 Å². The molecule has 0 aromatic rings. The maximum absolute atomic E-state index is 12.2. The van der Waals surface area contributed by atoms with Gasteiger partial charge in [-0.1, -0.05) is 26.0 Å². The molecule has 3 rings (SSSR count). The second-order valence-electron chi connectivity index (χ2n) is 5.28. The molecule has 3 unspecified atom stereocenters. The summed E-state index contributed by atoms with van der Waals surface area (Å²) in [5, 5.41) is 0. The molecule has 2 nitrogen and oxygen atoms in total. The van der Waals surface area contributed by atoms with Gasteiger partial charge in [0.05, 0.1) is 5.41 Å². The highest BCUT2D eigenvalue weighted by molar-refractivity contribution is 5.96. The largest absolute Gasteiger partial charge is 0.303 e. The van der Waals surface area contributed by atoms with Crippen LogP contribution in [-0.4, -0.2) is 12.1 Å². The van der Waals surface area contributed by atoms with Gasteiger partial charge in [0.15, 0.2) is 0 Å². The van der Waals surface area contributed by atoms with Gasteiger partial charge in [-0.15, -0.1) is 0 Å². The maximum Gasteiger partial charge on any atom is 0.149 e. The molecule has 14 heavy (non-hydrogen) atoms. The summed E-state index contributed by atoms with van der Waals surface area (Å²) in [6.07, 6.45) is 5.83. The van der Waals surface area contributed by atoms with E-state index >= 15 is 0 Å². The van der Waals surface area contributed by atoms with Crippen LogP contribution in [0.25, 0.3) is 0 Å². The van der Waals surface area contributed by atoms with E-state index in [0.29, 0.717) is 0 Å². The molecule has 3 atom stereocenters. The van der Waals surface area contributed by atoms with Crippen LogP contribution in [0.2, 0.25) is 0 Å². The Balaban J connectivity index is 2.52. The average molecular weight is 192 g/mol. The summed E-state index contributed by atoms with van der Waals surface area (Å²) >= 11 is 0. The van der Waals surface area contributed by atoms with Crippen molar-refractivity contribution in [1.82, 2.24) is 0 Å². The van der Waals surface area contributed by atoms with Crippen molar-refractivity contribution in [1.29, 1.82) is 0 Å². The summed E-state index contributed by atoms with van der Waals surface area (Å²) < 4.78 is 0. The first-order valence-corrected chi connectivity index (χ1v) is 5.12. The van der Waals surface area contributed by atoms with Gasteiger partial charge in [-0.05, 0) is 19.3 Å². The first kappa shape index (κ1) is 9.63. The molecule has 0 spiro atoms. The zero-order chi connectivity index (χ0) is 10.6. The van der Waals surface area contributed by atoms with Crippen molar-refractivity contribution in [3.63, 3.8) is 0 Å². The van der Waals surface area contributed by atoms with Crippen LogP contribution in [0, 0.1) is 22.7 Å². The van der Waals surface area contributed by atoms with Crippen LogP contribution in [0.1, 0.15) is 27.2 Å². The zero-order valence-electron chi connectivity index (χ0n) is 8.91. The number of carbonyl (C=O) groups is 2. The van der Waals surface area contributed by atoms with Crippen LogP contribution >= 0.6 is 0 Å². The van der Waals surface area contributed by atoms with Crippen LogP contribution in [0.4, 0.5) is 0 Å². The number of allylic oxidation sites excluding steroid dienone is 2. The lowest BCUT2D eigenvalue weighted by Gasteiger charge is -2.51. The van der Waals surface area contributed by atoms with Gasteiger partial charge < -0.3 is 4.79 Å². The fraction of sp³-hybridized carbons (Fsp3) is 0.667. The Bertz CT molecular complexity index is 327. The Morgan fingerprint density at radius 1 is 1.43 bits per heavy atom. The van der Waals surface area contributed by atoms with E-state index in [1.54, 1.807) is 0 Å². The molecular weight excluding hydrogens is 176 g/mol. The molecule has 0 aromatic heterocycles. The molecule has 3 aliphatic carbocycles. The Morgan fingerprint density at radius 3 is 2.64 bits per heavy atom. The third-order valence-electron chi connectivity index (χ3n) is 4.12. The summed E-state index contributed by atoms with van der Waals surface area (Å²) in [5.74, 6) is 0.353. The smallest absolute Gasteiger partial charge is 0.149 e. The van der Waals surface area contributed by atoms with Gasteiger partial charge in [0.2, 0.25) is 0 Å². The lowest BCUT2D eigenvalue weighted by Crippen LogP contribution is -2.54. The van der Waals surface area contributed by atoms with E-state index in [-0.39, 0.29) is 23.0 Å². The fourth-order valence-electron chi connectivity index (χ4n) is 2.88. The number of hydrogen-bond acceptors (Lipinski definition) is 2. The molecule has 3 aliphatic rings. The molecule has 0 N–H and O–H groups in total. The van der Waals surface area contributed by atoms with E-state index in [1.165, 1.54) is 0 Å². The number of fused-ring (bicyclic) bond motifs is 2. The molecule has 76 valence electrons. The molecule has 0 radical (unpaired) electrons. The van der Waals surface area contributed by atoms with E-state index in [9.17, 15) is 9.59 Å². The Hall–Kier alpha value is -0.920. The van der Waals surface area contributed by atoms with E-state index in [2.05, 4.69) is 6.08 Å². The predicted octanol–water partition coefficient (Wildman–Crippen LogP) is 1.99. The minimum absolute atomic E-state index is 0.113. The topological polar surface area (TPSA) is 34.1 Å². The van der Waals surface area contributed by atoms with Crippen LogP contribution in [0.3, 0.4) is 0 Å². The van der Waals surface area contributed by atoms with Crippen molar-refractivity contribution in [2.24, 2.45) is 22.7 Å².